The molecule has 0 atom stereocenters. The van der Waals surface area contributed by atoms with E-state index in [4.69, 9.17) is 0 Å². The topological polar surface area (TPSA) is 63.6 Å². The Labute approximate surface area is 68.1 Å². The molecule has 0 radical (unpaired) electrons. The SMILES string of the molecule is CCn1cnc2nc[nH]c(=O)c21. The molecule has 5 heteroatoms. The number of hydrogen-bond acceptors (Lipinski definition) is 3. The highest BCUT2D eigenvalue weighted by Crippen LogP contribution is 2.01. The van der Waals surface area contributed by atoms with Gasteiger partial charge in [-0.15, -0.1) is 0 Å². The van der Waals surface area contributed by atoms with Crippen molar-refractivity contribution in [1.29, 1.82) is 0 Å². The number of hydrogen-bond donors (Lipinski definition) is 1. The average Bonchev–Trinajstić information content (AvgIpc) is 2.49. The van der Waals surface area contributed by atoms with Crippen LogP contribution in [0.15, 0.2) is 17.4 Å². The fourth-order valence-electron chi connectivity index (χ4n) is 1.16. The van der Waals surface area contributed by atoms with Gasteiger partial charge in [-0.1, -0.05) is 0 Å². The highest BCUT2D eigenvalue weighted by molar-refractivity contribution is 5.68. The van der Waals surface area contributed by atoms with E-state index in [0.29, 0.717) is 11.2 Å². The molecule has 0 unspecified atom stereocenters. The molecule has 12 heavy (non-hydrogen) atoms. The maximum absolute atomic E-state index is 11.3. The van der Waals surface area contributed by atoms with Crippen LogP contribution in [0.4, 0.5) is 0 Å². The lowest BCUT2D eigenvalue weighted by Crippen LogP contribution is -2.10. The van der Waals surface area contributed by atoms with Crippen molar-refractivity contribution in [1.82, 2.24) is 19.5 Å². The summed E-state index contributed by atoms with van der Waals surface area (Å²) >= 11 is 0. The first kappa shape index (κ1) is 7.02. The molecule has 2 rings (SSSR count). The predicted octanol–water partition coefficient (Wildman–Crippen LogP) is 0.139. The van der Waals surface area contributed by atoms with Crippen LogP contribution in [0.5, 0.6) is 0 Å². The lowest BCUT2D eigenvalue weighted by molar-refractivity contribution is 0.783. The molecule has 1 N–H and O–H groups in total. The number of aromatic nitrogens is 4. The van der Waals surface area contributed by atoms with Gasteiger partial charge in [-0.3, -0.25) is 4.79 Å². The molecule has 0 amide bonds. The number of nitrogens with zero attached hydrogens (tertiary/aromatic N) is 3. The van der Waals surface area contributed by atoms with Gasteiger partial charge in [0.25, 0.3) is 5.56 Å². The molecule has 0 aliphatic rings. The predicted molar refractivity (Wildman–Crippen MR) is 43.8 cm³/mol. The molecule has 0 aliphatic heterocycles. The molecular formula is C7H8N4O. The summed E-state index contributed by atoms with van der Waals surface area (Å²) in [4.78, 5) is 21.7. The number of nitrogens with one attached hydrogen (secondary N) is 1. The average molecular weight is 164 g/mol. The Morgan fingerprint density at radius 2 is 2.42 bits per heavy atom. The molecule has 2 aromatic heterocycles. The van der Waals surface area contributed by atoms with Crippen molar-refractivity contribution >= 4 is 11.2 Å². The molecule has 0 saturated heterocycles. The minimum Gasteiger partial charge on any atom is -0.325 e. The molecular weight excluding hydrogens is 156 g/mol. The number of rotatable bonds is 1. The Kier molecular flexibility index (Phi) is 1.43. The lowest BCUT2D eigenvalue weighted by Gasteiger charge is -1.94. The fourth-order valence-corrected chi connectivity index (χ4v) is 1.16. The Morgan fingerprint density at radius 3 is 3.17 bits per heavy atom. The number of fused-ring (bicyclic) bond motifs is 1. The van der Waals surface area contributed by atoms with Crippen molar-refractivity contribution in [2.45, 2.75) is 13.5 Å². The van der Waals surface area contributed by atoms with Gasteiger partial charge >= 0.3 is 0 Å². The maximum atomic E-state index is 11.3. The molecule has 0 aliphatic carbocycles. The van der Waals surface area contributed by atoms with E-state index in [1.807, 2.05) is 6.92 Å². The van der Waals surface area contributed by atoms with Crippen LogP contribution in [0.2, 0.25) is 0 Å². The third-order valence-corrected chi connectivity index (χ3v) is 1.76. The van der Waals surface area contributed by atoms with E-state index < -0.39 is 0 Å². The quantitative estimate of drug-likeness (QED) is 0.652. The molecule has 0 spiro atoms. The highest BCUT2D eigenvalue weighted by Gasteiger charge is 2.04. The first-order valence-electron chi connectivity index (χ1n) is 3.71. The van der Waals surface area contributed by atoms with Crippen molar-refractivity contribution in [3.63, 3.8) is 0 Å². The van der Waals surface area contributed by atoms with Crippen LogP contribution in [-0.4, -0.2) is 19.5 Å². The molecule has 0 saturated carbocycles. The summed E-state index contributed by atoms with van der Waals surface area (Å²) < 4.78 is 1.77. The van der Waals surface area contributed by atoms with Crippen molar-refractivity contribution in [3.05, 3.63) is 23.0 Å². The molecule has 5 nitrogen and oxygen atoms in total. The summed E-state index contributed by atoms with van der Waals surface area (Å²) in [7, 11) is 0. The Hall–Kier alpha value is -1.65. The lowest BCUT2D eigenvalue weighted by atomic mass is 10.5. The molecule has 62 valence electrons. The second-order valence-electron chi connectivity index (χ2n) is 2.43. The van der Waals surface area contributed by atoms with E-state index in [9.17, 15) is 4.79 Å². The van der Waals surface area contributed by atoms with Crippen molar-refractivity contribution in [2.75, 3.05) is 0 Å². The van der Waals surface area contributed by atoms with Gasteiger partial charge in [0.2, 0.25) is 0 Å². The Bertz CT molecular complexity index is 456. The zero-order chi connectivity index (χ0) is 8.55. The summed E-state index contributed by atoms with van der Waals surface area (Å²) in [6, 6.07) is 0. The van der Waals surface area contributed by atoms with Crippen molar-refractivity contribution in [3.8, 4) is 0 Å². The van der Waals surface area contributed by atoms with Gasteiger partial charge in [-0.05, 0) is 6.92 Å². The molecule has 2 aromatic rings. The van der Waals surface area contributed by atoms with Crippen molar-refractivity contribution < 1.29 is 0 Å². The van der Waals surface area contributed by atoms with Crippen LogP contribution < -0.4 is 5.56 Å². The second kappa shape index (κ2) is 2.44. The zero-order valence-corrected chi connectivity index (χ0v) is 6.61. The number of H-pyrrole nitrogens is 1. The minimum atomic E-state index is -0.139. The Morgan fingerprint density at radius 1 is 1.58 bits per heavy atom. The van der Waals surface area contributed by atoms with E-state index in [1.54, 1.807) is 10.9 Å². The van der Waals surface area contributed by atoms with Crippen LogP contribution in [0.25, 0.3) is 11.2 Å². The number of aryl methyl sites for hydroxylation is 1. The molecule has 0 fully saturated rings. The molecule has 0 aromatic carbocycles. The van der Waals surface area contributed by atoms with Crippen LogP contribution >= 0.6 is 0 Å². The summed E-state index contributed by atoms with van der Waals surface area (Å²) in [6.07, 6.45) is 2.98. The van der Waals surface area contributed by atoms with Gasteiger partial charge in [0.1, 0.15) is 0 Å². The van der Waals surface area contributed by atoms with Gasteiger partial charge < -0.3 is 9.55 Å². The second-order valence-corrected chi connectivity index (χ2v) is 2.43. The van der Waals surface area contributed by atoms with E-state index in [-0.39, 0.29) is 5.56 Å². The van der Waals surface area contributed by atoms with Crippen molar-refractivity contribution in [2.24, 2.45) is 0 Å². The molecule has 0 bridgehead atoms. The highest BCUT2D eigenvalue weighted by atomic mass is 16.1. The summed E-state index contributed by atoms with van der Waals surface area (Å²) in [5, 5.41) is 0. The maximum Gasteiger partial charge on any atom is 0.276 e. The standard InChI is InChI=1S/C7H8N4O/c1-2-11-4-10-6-5(11)7(12)9-3-8-6/h3-4H,2H2,1H3,(H,8,9,12). The summed E-state index contributed by atoms with van der Waals surface area (Å²) in [5.74, 6) is 0. The van der Waals surface area contributed by atoms with Gasteiger partial charge in [-0.2, -0.15) is 0 Å². The third kappa shape index (κ3) is 0.827. The van der Waals surface area contributed by atoms with Crippen LogP contribution in [0.3, 0.4) is 0 Å². The van der Waals surface area contributed by atoms with Gasteiger partial charge in [0.15, 0.2) is 11.2 Å². The van der Waals surface area contributed by atoms with E-state index in [0.717, 1.165) is 6.54 Å². The van der Waals surface area contributed by atoms with E-state index in [1.165, 1.54) is 6.33 Å². The first-order chi connectivity index (χ1) is 5.83. The van der Waals surface area contributed by atoms with Crippen LogP contribution in [0, 0.1) is 0 Å². The van der Waals surface area contributed by atoms with Crippen LogP contribution in [-0.2, 0) is 6.54 Å². The third-order valence-electron chi connectivity index (χ3n) is 1.76. The van der Waals surface area contributed by atoms with Crippen LogP contribution in [0.1, 0.15) is 6.92 Å². The fraction of sp³-hybridized carbons (Fsp3) is 0.286. The summed E-state index contributed by atoms with van der Waals surface area (Å²) in [6.45, 7) is 2.68. The molecule has 2 heterocycles. The smallest absolute Gasteiger partial charge is 0.276 e. The summed E-state index contributed by atoms with van der Waals surface area (Å²) in [5.41, 5.74) is 0.903. The number of aromatic amines is 1. The largest absolute Gasteiger partial charge is 0.325 e. The van der Waals surface area contributed by atoms with Gasteiger partial charge in [0, 0.05) is 6.54 Å². The zero-order valence-electron chi connectivity index (χ0n) is 6.61. The van der Waals surface area contributed by atoms with E-state index >= 15 is 0 Å². The van der Waals surface area contributed by atoms with E-state index in [2.05, 4.69) is 15.0 Å². The minimum absolute atomic E-state index is 0.139. The first-order valence-corrected chi connectivity index (χ1v) is 3.71. The number of imidazole rings is 1. The Balaban J connectivity index is 2.92. The normalized spacial score (nSPS) is 10.8. The van der Waals surface area contributed by atoms with Gasteiger partial charge in [0.05, 0.1) is 12.7 Å². The van der Waals surface area contributed by atoms with Gasteiger partial charge in [-0.25, -0.2) is 9.97 Å². The monoisotopic (exact) mass is 164 g/mol.